The molecule has 0 aromatic heterocycles. The molecule has 0 bridgehead atoms. The van der Waals surface area contributed by atoms with Gasteiger partial charge in [-0.25, -0.2) is 0 Å². The van der Waals surface area contributed by atoms with E-state index in [9.17, 15) is 9.59 Å². The summed E-state index contributed by atoms with van der Waals surface area (Å²) in [5.41, 5.74) is 2.51. The first kappa shape index (κ1) is 23.0. The van der Waals surface area contributed by atoms with Gasteiger partial charge < -0.3 is 9.47 Å². The van der Waals surface area contributed by atoms with Crippen molar-refractivity contribution < 1.29 is 19.1 Å². The number of carbonyl (C=O) groups excluding carboxylic acids is 2. The molecule has 1 heterocycles. The van der Waals surface area contributed by atoms with Crippen LogP contribution in [0.5, 0.6) is 11.5 Å². The van der Waals surface area contributed by atoms with E-state index < -0.39 is 0 Å². The van der Waals surface area contributed by atoms with Crippen LogP contribution in [0.25, 0.3) is 6.08 Å². The number of halogens is 1. The molecular weight excluding hydrogens is 434 g/mol. The van der Waals surface area contributed by atoms with E-state index in [0.717, 1.165) is 28.5 Å². The number of carbonyl (C=O) groups is 2. The van der Waals surface area contributed by atoms with Gasteiger partial charge in [-0.05, 0) is 73.5 Å². The van der Waals surface area contributed by atoms with Gasteiger partial charge in [0.05, 0.1) is 24.7 Å². The third-order valence-electron chi connectivity index (χ3n) is 4.53. The average Bonchev–Trinajstić information content (AvgIpc) is 3.00. The van der Waals surface area contributed by atoms with Gasteiger partial charge >= 0.3 is 0 Å². The minimum Gasteiger partial charge on any atom is -0.490 e. The van der Waals surface area contributed by atoms with Crippen LogP contribution in [0, 0.1) is 0 Å². The molecular formula is C24H24ClNO4S. The van der Waals surface area contributed by atoms with Gasteiger partial charge in [-0.15, -0.1) is 6.58 Å². The zero-order valence-corrected chi connectivity index (χ0v) is 19.1. The molecule has 0 atom stereocenters. The molecule has 0 spiro atoms. The monoisotopic (exact) mass is 457 g/mol. The number of thioether (sulfide) groups is 1. The fourth-order valence-corrected chi connectivity index (χ4v) is 4.17. The standard InChI is InChI=1S/C24H24ClNO4S/c1-4-7-18-12-17(13-20(29-5-2)22(18)30-6-3)14-21-23(27)26(24(28)31-21)15-16-8-10-19(25)11-9-16/h4,8-14H,1,5-7,15H2,2-3H3/b21-14+. The number of amides is 2. The number of rotatable bonds is 9. The highest BCUT2D eigenvalue weighted by Gasteiger charge is 2.35. The first-order valence-electron chi connectivity index (χ1n) is 10.00. The maximum absolute atomic E-state index is 12.9. The van der Waals surface area contributed by atoms with Crippen molar-refractivity contribution in [1.82, 2.24) is 4.90 Å². The van der Waals surface area contributed by atoms with Crippen LogP contribution in [0.2, 0.25) is 5.02 Å². The van der Waals surface area contributed by atoms with Crippen LogP contribution in [0.15, 0.2) is 54.0 Å². The van der Waals surface area contributed by atoms with Gasteiger partial charge in [0.15, 0.2) is 11.5 Å². The number of ether oxygens (including phenoxy) is 2. The van der Waals surface area contributed by atoms with Gasteiger partial charge in [-0.2, -0.15) is 0 Å². The van der Waals surface area contributed by atoms with Gasteiger partial charge in [0.2, 0.25) is 0 Å². The molecule has 0 unspecified atom stereocenters. The van der Waals surface area contributed by atoms with E-state index >= 15 is 0 Å². The van der Waals surface area contributed by atoms with Crippen molar-refractivity contribution in [3.8, 4) is 11.5 Å². The predicted molar refractivity (Wildman–Crippen MR) is 126 cm³/mol. The Hall–Kier alpha value is -2.70. The highest BCUT2D eigenvalue weighted by Crippen LogP contribution is 2.37. The third kappa shape index (κ3) is 5.51. The van der Waals surface area contributed by atoms with E-state index in [-0.39, 0.29) is 17.7 Å². The summed E-state index contributed by atoms with van der Waals surface area (Å²) in [6.45, 7) is 8.82. The summed E-state index contributed by atoms with van der Waals surface area (Å²) >= 11 is 6.85. The van der Waals surface area contributed by atoms with E-state index in [2.05, 4.69) is 6.58 Å². The van der Waals surface area contributed by atoms with Crippen molar-refractivity contribution in [2.24, 2.45) is 0 Å². The first-order valence-corrected chi connectivity index (χ1v) is 11.2. The largest absolute Gasteiger partial charge is 0.490 e. The zero-order valence-electron chi connectivity index (χ0n) is 17.5. The van der Waals surface area contributed by atoms with Gasteiger partial charge in [-0.3, -0.25) is 14.5 Å². The Labute approximate surface area is 191 Å². The van der Waals surface area contributed by atoms with E-state index in [4.69, 9.17) is 21.1 Å². The number of hydrogen-bond donors (Lipinski definition) is 0. The number of hydrogen-bond acceptors (Lipinski definition) is 5. The Morgan fingerprint density at radius 3 is 2.45 bits per heavy atom. The van der Waals surface area contributed by atoms with Crippen molar-refractivity contribution >= 4 is 40.6 Å². The lowest BCUT2D eigenvalue weighted by Crippen LogP contribution is -2.27. The van der Waals surface area contributed by atoms with Crippen LogP contribution in [0.3, 0.4) is 0 Å². The molecule has 5 nitrogen and oxygen atoms in total. The maximum Gasteiger partial charge on any atom is 0.293 e. The number of benzene rings is 2. The summed E-state index contributed by atoms with van der Waals surface area (Å²) in [5.74, 6) is 0.967. The minimum absolute atomic E-state index is 0.203. The number of nitrogens with zero attached hydrogens (tertiary/aromatic N) is 1. The molecule has 0 radical (unpaired) electrons. The Kier molecular flexibility index (Phi) is 7.82. The molecule has 2 amide bonds. The maximum atomic E-state index is 12.9. The van der Waals surface area contributed by atoms with Crippen LogP contribution in [0.1, 0.15) is 30.5 Å². The van der Waals surface area contributed by atoms with Crippen molar-refractivity contribution in [3.05, 3.63) is 75.7 Å². The molecule has 2 aromatic rings. The van der Waals surface area contributed by atoms with Gasteiger partial charge in [0.25, 0.3) is 11.1 Å². The smallest absolute Gasteiger partial charge is 0.293 e. The van der Waals surface area contributed by atoms with Gasteiger partial charge in [0, 0.05) is 10.6 Å². The van der Waals surface area contributed by atoms with Crippen LogP contribution in [0.4, 0.5) is 4.79 Å². The molecule has 7 heteroatoms. The quantitative estimate of drug-likeness (QED) is 0.336. The second kappa shape index (κ2) is 10.6. The molecule has 162 valence electrons. The van der Waals surface area contributed by atoms with E-state index in [0.29, 0.717) is 41.1 Å². The van der Waals surface area contributed by atoms with E-state index in [1.165, 1.54) is 4.90 Å². The van der Waals surface area contributed by atoms with Crippen molar-refractivity contribution in [2.45, 2.75) is 26.8 Å². The second-order valence-electron chi connectivity index (χ2n) is 6.76. The van der Waals surface area contributed by atoms with Crippen molar-refractivity contribution in [3.63, 3.8) is 0 Å². The van der Waals surface area contributed by atoms with Crippen molar-refractivity contribution in [2.75, 3.05) is 13.2 Å². The topological polar surface area (TPSA) is 55.8 Å². The van der Waals surface area contributed by atoms with Gasteiger partial charge in [0.1, 0.15) is 0 Å². The summed E-state index contributed by atoms with van der Waals surface area (Å²) in [6.07, 6.45) is 4.10. The minimum atomic E-state index is -0.318. The summed E-state index contributed by atoms with van der Waals surface area (Å²) in [5, 5.41) is 0.308. The Balaban J connectivity index is 1.91. The molecule has 0 aliphatic carbocycles. The molecule has 1 saturated heterocycles. The van der Waals surface area contributed by atoms with Crippen LogP contribution in [-0.4, -0.2) is 29.3 Å². The number of allylic oxidation sites excluding steroid dienone is 1. The highest BCUT2D eigenvalue weighted by molar-refractivity contribution is 8.18. The number of imide groups is 1. The summed E-state index contributed by atoms with van der Waals surface area (Å²) < 4.78 is 11.6. The zero-order chi connectivity index (χ0) is 22.4. The molecule has 31 heavy (non-hydrogen) atoms. The summed E-state index contributed by atoms with van der Waals surface area (Å²) in [6, 6.07) is 10.8. The molecule has 1 fully saturated rings. The summed E-state index contributed by atoms with van der Waals surface area (Å²) in [4.78, 5) is 27.0. The Morgan fingerprint density at radius 1 is 1.10 bits per heavy atom. The fraction of sp³-hybridized carbons (Fsp3) is 0.250. The van der Waals surface area contributed by atoms with Crippen LogP contribution >= 0.6 is 23.4 Å². The molecule has 0 N–H and O–H groups in total. The summed E-state index contributed by atoms with van der Waals surface area (Å²) in [7, 11) is 0. The molecule has 0 saturated carbocycles. The molecule has 1 aliphatic rings. The van der Waals surface area contributed by atoms with Gasteiger partial charge in [-0.1, -0.05) is 29.8 Å². The van der Waals surface area contributed by atoms with Crippen LogP contribution in [-0.2, 0) is 17.8 Å². The first-order chi connectivity index (χ1) is 15.0. The Bertz CT molecular complexity index is 1020. The van der Waals surface area contributed by atoms with Crippen LogP contribution < -0.4 is 9.47 Å². The SMILES string of the molecule is C=CCc1cc(/C=C2/SC(=O)N(Cc3ccc(Cl)cc3)C2=O)cc(OCC)c1OCC. The Morgan fingerprint density at radius 2 is 1.81 bits per heavy atom. The highest BCUT2D eigenvalue weighted by atomic mass is 35.5. The normalized spacial score (nSPS) is 14.9. The third-order valence-corrected chi connectivity index (χ3v) is 5.69. The lowest BCUT2D eigenvalue weighted by Gasteiger charge is -2.16. The predicted octanol–water partition coefficient (Wildman–Crippen LogP) is 6.10. The second-order valence-corrected chi connectivity index (χ2v) is 8.19. The molecule has 2 aromatic carbocycles. The van der Waals surface area contributed by atoms with E-state index in [1.54, 1.807) is 36.4 Å². The lowest BCUT2D eigenvalue weighted by atomic mass is 10.0. The molecule has 3 rings (SSSR count). The van der Waals surface area contributed by atoms with Crippen molar-refractivity contribution in [1.29, 1.82) is 0 Å². The molecule has 1 aliphatic heterocycles. The fourth-order valence-electron chi connectivity index (χ4n) is 3.20. The average molecular weight is 458 g/mol. The van der Waals surface area contributed by atoms with E-state index in [1.807, 2.05) is 26.0 Å². The lowest BCUT2D eigenvalue weighted by molar-refractivity contribution is -0.123.